The van der Waals surface area contributed by atoms with Crippen LogP contribution in [0.25, 0.3) is 0 Å². The largest absolute Gasteiger partial charge is 0.455 e. The molecule has 2 amide bonds. The molecule has 1 fully saturated rings. The summed E-state index contributed by atoms with van der Waals surface area (Å²) in [5.41, 5.74) is -0.597. The Balaban J connectivity index is 1.48. The number of hydrogen-bond donors (Lipinski definition) is 2. The summed E-state index contributed by atoms with van der Waals surface area (Å²) in [5.74, 6) is 1.29. The SMILES string of the molecule is Cc1cc(NC(=O)C2(C(=O)Nc3ccccc3Oc3ccccc3)CC2)no1. The summed E-state index contributed by atoms with van der Waals surface area (Å²) in [4.78, 5) is 25.5. The predicted octanol–water partition coefficient (Wildman–Crippen LogP) is 4.13. The number of para-hydroxylation sites is 3. The van der Waals surface area contributed by atoms with Crippen LogP contribution in [0.3, 0.4) is 0 Å². The summed E-state index contributed by atoms with van der Waals surface area (Å²) in [7, 11) is 0. The van der Waals surface area contributed by atoms with Gasteiger partial charge in [0.05, 0.1) is 5.69 Å². The minimum atomic E-state index is -1.10. The molecule has 28 heavy (non-hydrogen) atoms. The highest BCUT2D eigenvalue weighted by Crippen LogP contribution is 2.48. The molecule has 0 radical (unpaired) electrons. The third-order valence-corrected chi connectivity index (χ3v) is 4.60. The molecule has 0 atom stereocenters. The van der Waals surface area contributed by atoms with Crippen molar-refractivity contribution in [2.45, 2.75) is 19.8 Å². The molecule has 3 aromatic rings. The number of benzene rings is 2. The maximum atomic E-state index is 12.9. The fourth-order valence-electron chi connectivity index (χ4n) is 2.86. The van der Waals surface area contributed by atoms with E-state index < -0.39 is 5.41 Å². The minimum Gasteiger partial charge on any atom is -0.455 e. The Hall–Kier alpha value is -3.61. The van der Waals surface area contributed by atoms with E-state index in [4.69, 9.17) is 9.26 Å². The lowest BCUT2D eigenvalue weighted by molar-refractivity contribution is -0.131. The van der Waals surface area contributed by atoms with Gasteiger partial charge in [0.25, 0.3) is 0 Å². The van der Waals surface area contributed by atoms with Crippen molar-refractivity contribution in [3.8, 4) is 11.5 Å². The Morgan fingerprint density at radius 1 is 1.00 bits per heavy atom. The quantitative estimate of drug-likeness (QED) is 0.630. The summed E-state index contributed by atoms with van der Waals surface area (Å²) in [6, 6.07) is 18.0. The number of aryl methyl sites for hydroxylation is 1. The highest BCUT2D eigenvalue weighted by atomic mass is 16.5. The molecule has 1 saturated carbocycles. The number of ether oxygens (including phenoxy) is 1. The normalized spacial score (nSPS) is 14.2. The van der Waals surface area contributed by atoms with Crippen molar-refractivity contribution in [3.63, 3.8) is 0 Å². The molecule has 1 aliphatic rings. The summed E-state index contributed by atoms with van der Waals surface area (Å²) in [5, 5.41) is 9.23. The van der Waals surface area contributed by atoms with Gasteiger partial charge in [0.2, 0.25) is 11.8 Å². The van der Waals surface area contributed by atoms with Crippen LogP contribution in [0.15, 0.2) is 65.2 Å². The molecule has 0 saturated heterocycles. The number of amides is 2. The zero-order chi connectivity index (χ0) is 19.6. The van der Waals surface area contributed by atoms with Crippen molar-refractivity contribution in [1.29, 1.82) is 0 Å². The van der Waals surface area contributed by atoms with Crippen LogP contribution in [-0.4, -0.2) is 17.0 Å². The van der Waals surface area contributed by atoms with Crippen molar-refractivity contribution in [2.75, 3.05) is 10.6 Å². The highest BCUT2D eigenvalue weighted by Gasteiger charge is 2.56. The van der Waals surface area contributed by atoms with Crippen molar-refractivity contribution in [3.05, 3.63) is 66.4 Å². The first-order valence-electron chi connectivity index (χ1n) is 8.95. The summed E-state index contributed by atoms with van der Waals surface area (Å²) in [6.45, 7) is 1.73. The van der Waals surface area contributed by atoms with Gasteiger partial charge in [-0.25, -0.2) is 0 Å². The molecule has 7 nitrogen and oxygen atoms in total. The molecule has 2 aromatic carbocycles. The van der Waals surface area contributed by atoms with Gasteiger partial charge >= 0.3 is 0 Å². The van der Waals surface area contributed by atoms with E-state index >= 15 is 0 Å². The van der Waals surface area contributed by atoms with Gasteiger partial charge in [0.1, 0.15) is 16.9 Å². The lowest BCUT2D eigenvalue weighted by Gasteiger charge is -2.16. The Morgan fingerprint density at radius 3 is 2.36 bits per heavy atom. The van der Waals surface area contributed by atoms with Gasteiger partial charge in [0, 0.05) is 6.07 Å². The van der Waals surface area contributed by atoms with Crippen LogP contribution in [0.1, 0.15) is 18.6 Å². The van der Waals surface area contributed by atoms with Gasteiger partial charge in [-0.05, 0) is 44.0 Å². The minimum absolute atomic E-state index is 0.300. The summed E-state index contributed by atoms with van der Waals surface area (Å²) < 4.78 is 10.8. The molecule has 7 heteroatoms. The second-order valence-corrected chi connectivity index (χ2v) is 6.72. The van der Waals surface area contributed by atoms with Crippen molar-refractivity contribution >= 4 is 23.3 Å². The monoisotopic (exact) mass is 377 g/mol. The summed E-state index contributed by atoms with van der Waals surface area (Å²) >= 11 is 0. The second-order valence-electron chi connectivity index (χ2n) is 6.72. The van der Waals surface area contributed by atoms with Crippen molar-refractivity contribution in [2.24, 2.45) is 5.41 Å². The molecule has 2 N–H and O–H groups in total. The summed E-state index contributed by atoms with van der Waals surface area (Å²) in [6.07, 6.45) is 0.951. The predicted molar refractivity (Wildman–Crippen MR) is 103 cm³/mol. The Bertz CT molecular complexity index is 1010. The van der Waals surface area contributed by atoms with Gasteiger partial charge in [-0.3, -0.25) is 9.59 Å². The molecule has 0 aliphatic heterocycles. The van der Waals surface area contributed by atoms with Crippen LogP contribution >= 0.6 is 0 Å². The lowest BCUT2D eigenvalue weighted by atomic mass is 10.0. The van der Waals surface area contributed by atoms with Gasteiger partial charge < -0.3 is 19.9 Å². The number of nitrogens with one attached hydrogen (secondary N) is 2. The van der Waals surface area contributed by atoms with Crippen LogP contribution < -0.4 is 15.4 Å². The van der Waals surface area contributed by atoms with E-state index in [2.05, 4.69) is 15.8 Å². The number of nitrogens with zero attached hydrogens (tertiary/aromatic N) is 1. The molecule has 1 aliphatic carbocycles. The number of hydrogen-bond acceptors (Lipinski definition) is 5. The van der Waals surface area contributed by atoms with Gasteiger partial charge in [0.15, 0.2) is 11.6 Å². The van der Waals surface area contributed by atoms with Gasteiger partial charge in [-0.2, -0.15) is 0 Å². The number of aromatic nitrogens is 1. The van der Waals surface area contributed by atoms with E-state index in [-0.39, 0.29) is 11.8 Å². The van der Waals surface area contributed by atoms with E-state index in [9.17, 15) is 9.59 Å². The molecule has 1 heterocycles. The third-order valence-electron chi connectivity index (χ3n) is 4.60. The van der Waals surface area contributed by atoms with E-state index in [0.29, 0.717) is 41.6 Å². The van der Waals surface area contributed by atoms with E-state index in [1.165, 1.54) is 0 Å². The molecule has 1 aromatic heterocycles. The van der Waals surface area contributed by atoms with Gasteiger partial charge in [-0.1, -0.05) is 35.5 Å². The van der Waals surface area contributed by atoms with E-state index in [1.54, 1.807) is 31.2 Å². The fraction of sp³-hybridized carbons (Fsp3) is 0.190. The first-order valence-corrected chi connectivity index (χ1v) is 8.95. The Kier molecular flexibility index (Phi) is 4.57. The Morgan fingerprint density at radius 2 is 1.68 bits per heavy atom. The van der Waals surface area contributed by atoms with Crippen LogP contribution in [0, 0.1) is 12.3 Å². The maximum Gasteiger partial charge on any atom is 0.241 e. The average molecular weight is 377 g/mol. The second kappa shape index (κ2) is 7.19. The van der Waals surface area contributed by atoms with Crippen LogP contribution in [0.2, 0.25) is 0 Å². The molecular formula is C21H19N3O4. The number of anilines is 2. The molecule has 0 spiro atoms. The molecule has 0 unspecified atom stereocenters. The smallest absolute Gasteiger partial charge is 0.241 e. The number of carbonyl (C=O) groups excluding carboxylic acids is 2. The molecular weight excluding hydrogens is 358 g/mol. The fourth-order valence-corrected chi connectivity index (χ4v) is 2.86. The topological polar surface area (TPSA) is 93.5 Å². The molecule has 4 rings (SSSR count). The zero-order valence-corrected chi connectivity index (χ0v) is 15.3. The zero-order valence-electron chi connectivity index (χ0n) is 15.3. The number of rotatable bonds is 6. The molecule has 0 bridgehead atoms. The lowest BCUT2D eigenvalue weighted by Crippen LogP contribution is -2.35. The maximum absolute atomic E-state index is 12.9. The first kappa shape index (κ1) is 17.8. The number of carbonyl (C=O) groups is 2. The Labute approximate surface area is 161 Å². The van der Waals surface area contributed by atoms with E-state index in [1.807, 2.05) is 36.4 Å². The first-order chi connectivity index (χ1) is 13.6. The van der Waals surface area contributed by atoms with Crippen LogP contribution in [-0.2, 0) is 9.59 Å². The highest BCUT2D eigenvalue weighted by molar-refractivity contribution is 6.17. The average Bonchev–Trinajstić information content (AvgIpc) is 3.42. The standard InChI is InChI=1S/C21H19N3O4/c1-14-13-18(24-28-14)23-20(26)21(11-12-21)19(25)22-16-9-5-6-10-17(16)27-15-7-3-2-4-8-15/h2-10,13H,11-12H2,1H3,(H,22,25)(H,23,24,26). The van der Waals surface area contributed by atoms with Crippen molar-refractivity contribution in [1.82, 2.24) is 5.16 Å². The van der Waals surface area contributed by atoms with E-state index in [0.717, 1.165) is 0 Å². The van der Waals surface area contributed by atoms with Crippen LogP contribution in [0.4, 0.5) is 11.5 Å². The third kappa shape index (κ3) is 3.59. The van der Waals surface area contributed by atoms with Gasteiger partial charge in [-0.15, -0.1) is 0 Å². The van der Waals surface area contributed by atoms with Crippen molar-refractivity contribution < 1.29 is 18.8 Å². The van der Waals surface area contributed by atoms with Crippen LogP contribution in [0.5, 0.6) is 11.5 Å². The molecule has 142 valence electrons.